The molecule has 1 aliphatic heterocycles. The summed E-state index contributed by atoms with van der Waals surface area (Å²) < 4.78 is 0. The first-order valence-corrected chi connectivity index (χ1v) is 5.83. The van der Waals surface area contributed by atoms with Gasteiger partial charge in [0.2, 0.25) is 0 Å². The Kier molecular flexibility index (Phi) is 3.96. The standard InChI is InChI=1S/C12H26N2/c1-11(2,3)8-14-10-12(4)6-5-7-13-9-12/h13-14H,5-10H2,1-4H3. The molecule has 0 spiro atoms. The molecule has 0 aliphatic carbocycles. The highest BCUT2D eigenvalue weighted by molar-refractivity contribution is 4.83. The third kappa shape index (κ3) is 4.43. The summed E-state index contributed by atoms with van der Waals surface area (Å²) in [5.41, 5.74) is 0.877. The summed E-state index contributed by atoms with van der Waals surface area (Å²) in [6, 6.07) is 0. The van der Waals surface area contributed by atoms with Gasteiger partial charge in [0, 0.05) is 19.6 Å². The maximum absolute atomic E-state index is 3.60. The molecule has 0 aromatic heterocycles. The maximum Gasteiger partial charge on any atom is 0.00176 e. The van der Waals surface area contributed by atoms with Crippen LogP contribution in [-0.4, -0.2) is 26.2 Å². The highest BCUT2D eigenvalue weighted by Gasteiger charge is 2.26. The van der Waals surface area contributed by atoms with Crippen LogP contribution in [0.2, 0.25) is 0 Å². The normalized spacial score (nSPS) is 29.1. The van der Waals surface area contributed by atoms with Gasteiger partial charge in [0.15, 0.2) is 0 Å². The molecule has 0 saturated carbocycles. The van der Waals surface area contributed by atoms with Crippen LogP contribution in [0.15, 0.2) is 0 Å². The molecule has 14 heavy (non-hydrogen) atoms. The van der Waals surface area contributed by atoms with E-state index in [1.54, 1.807) is 0 Å². The van der Waals surface area contributed by atoms with E-state index in [4.69, 9.17) is 0 Å². The second-order valence-electron chi connectivity index (χ2n) is 6.26. The van der Waals surface area contributed by atoms with Crippen LogP contribution in [0.4, 0.5) is 0 Å². The summed E-state index contributed by atoms with van der Waals surface area (Å²) in [5, 5.41) is 7.08. The fraction of sp³-hybridized carbons (Fsp3) is 1.00. The molecule has 0 bridgehead atoms. The van der Waals surface area contributed by atoms with E-state index in [-0.39, 0.29) is 0 Å². The quantitative estimate of drug-likeness (QED) is 0.725. The van der Waals surface area contributed by atoms with Gasteiger partial charge in [-0.15, -0.1) is 0 Å². The third-order valence-electron chi connectivity index (χ3n) is 2.89. The molecule has 1 saturated heterocycles. The zero-order valence-electron chi connectivity index (χ0n) is 10.2. The minimum Gasteiger partial charge on any atom is -0.316 e. The smallest absolute Gasteiger partial charge is 0.00176 e. The van der Waals surface area contributed by atoms with E-state index >= 15 is 0 Å². The highest BCUT2D eigenvalue weighted by Crippen LogP contribution is 2.24. The molecular weight excluding hydrogens is 172 g/mol. The van der Waals surface area contributed by atoms with Gasteiger partial charge in [0.25, 0.3) is 0 Å². The number of hydrogen-bond donors (Lipinski definition) is 2. The Balaban J connectivity index is 2.22. The molecule has 2 N–H and O–H groups in total. The van der Waals surface area contributed by atoms with Crippen LogP contribution in [0, 0.1) is 10.8 Å². The Morgan fingerprint density at radius 1 is 1.36 bits per heavy atom. The minimum absolute atomic E-state index is 0.401. The molecule has 1 heterocycles. The van der Waals surface area contributed by atoms with Crippen molar-refractivity contribution in [1.82, 2.24) is 10.6 Å². The van der Waals surface area contributed by atoms with Crippen molar-refractivity contribution in [2.75, 3.05) is 26.2 Å². The molecule has 0 amide bonds. The monoisotopic (exact) mass is 198 g/mol. The lowest BCUT2D eigenvalue weighted by atomic mass is 9.82. The first-order valence-electron chi connectivity index (χ1n) is 5.83. The van der Waals surface area contributed by atoms with Gasteiger partial charge in [0.1, 0.15) is 0 Å². The van der Waals surface area contributed by atoms with E-state index < -0.39 is 0 Å². The predicted octanol–water partition coefficient (Wildman–Crippen LogP) is 2.01. The van der Waals surface area contributed by atoms with Gasteiger partial charge in [-0.3, -0.25) is 0 Å². The topological polar surface area (TPSA) is 24.1 Å². The van der Waals surface area contributed by atoms with Gasteiger partial charge in [0.05, 0.1) is 0 Å². The average molecular weight is 198 g/mol. The molecule has 1 rings (SSSR count). The fourth-order valence-electron chi connectivity index (χ4n) is 2.01. The van der Waals surface area contributed by atoms with Crippen LogP contribution in [0.3, 0.4) is 0 Å². The number of piperidine rings is 1. The lowest BCUT2D eigenvalue weighted by molar-refractivity contribution is 0.216. The summed E-state index contributed by atoms with van der Waals surface area (Å²) >= 11 is 0. The molecule has 1 fully saturated rings. The molecule has 0 aromatic carbocycles. The van der Waals surface area contributed by atoms with Crippen molar-refractivity contribution in [3.8, 4) is 0 Å². The molecule has 84 valence electrons. The predicted molar refractivity (Wildman–Crippen MR) is 62.5 cm³/mol. The molecule has 1 unspecified atom stereocenters. The summed E-state index contributed by atoms with van der Waals surface area (Å²) in [5.74, 6) is 0. The van der Waals surface area contributed by atoms with E-state index in [2.05, 4.69) is 38.3 Å². The van der Waals surface area contributed by atoms with Gasteiger partial charge in [-0.2, -0.15) is 0 Å². The molecule has 2 heteroatoms. The molecule has 1 atom stereocenters. The zero-order valence-corrected chi connectivity index (χ0v) is 10.2. The Morgan fingerprint density at radius 2 is 2.07 bits per heavy atom. The van der Waals surface area contributed by atoms with Crippen LogP contribution < -0.4 is 10.6 Å². The van der Waals surface area contributed by atoms with Crippen LogP contribution in [0.1, 0.15) is 40.5 Å². The summed E-state index contributed by atoms with van der Waals surface area (Å²) in [6.45, 7) is 13.9. The van der Waals surface area contributed by atoms with E-state index in [0.717, 1.165) is 13.1 Å². The van der Waals surface area contributed by atoms with Crippen molar-refractivity contribution < 1.29 is 0 Å². The number of nitrogens with one attached hydrogen (secondary N) is 2. The lowest BCUT2D eigenvalue weighted by Gasteiger charge is -2.35. The van der Waals surface area contributed by atoms with Crippen LogP contribution in [0.5, 0.6) is 0 Å². The van der Waals surface area contributed by atoms with Gasteiger partial charge in [-0.25, -0.2) is 0 Å². The molecule has 0 aromatic rings. The Labute approximate surface area is 88.8 Å². The van der Waals surface area contributed by atoms with Gasteiger partial charge in [-0.1, -0.05) is 27.7 Å². The van der Waals surface area contributed by atoms with E-state index in [0.29, 0.717) is 10.8 Å². The SMILES string of the molecule is CC(C)(C)CNCC1(C)CCCNC1. The van der Waals surface area contributed by atoms with Crippen molar-refractivity contribution >= 4 is 0 Å². The largest absolute Gasteiger partial charge is 0.316 e. The Hall–Kier alpha value is -0.0800. The molecule has 2 nitrogen and oxygen atoms in total. The number of rotatable bonds is 3. The first-order chi connectivity index (χ1) is 6.41. The van der Waals surface area contributed by atoms with Gasteiger partial charge >= 0.3 is 0 Å². The fourth-order valence-corrected chi connectivity index (χ4v) is 2.01. The van der Waals surface area contributed by atoms with Crippen molar-refractivity contribution in [3.63, 3.8) is 0 Å². The number of hydrogen-bond acceptors (Lipinski definition) is 2. The zero-order chi connectivity index (χ0) is 10.7. The van der Waals surface area contributed by atoms with Crippen LogP contribution >= 0.6 is 0 Å². The third-order valence-corrected chi connectivity index (χ3v) is 2.89. The highest BCUT2D eigenvalue weighted by atomic mass is 14.9. The first kappa shape index (κ1) is 12.0. The van der Waals surface area contributed by atoms with Crippen molar-refractivity contribution in [1.29, 1.82) is 0 Å². The van der Waals surface area contributed by atoms with Crippen molar-refractivity contribution in [3.05, 3.63) is 0 Å². The van der Waals surface area contributed by atoms with E-state index in [9.17, 15) is 0 Å². The molecule has 1 aliphatic rings. The van der Waals surface area contributed by atoms with Crippen LogP contribution in [0.25, 0.3) is 0 Å². The Bertz CT molecular complexity index is 164. The van der Waals surface area contributed by atoms with Gasteiger partial charge in [-0.05, 0) is 30.2 Å². The second kappa shape index (κ2) is 4.63. The van der Waals surface area contributed by atoms with Gasteiger partial charge < -0.3 is 10.6 Å². The Morgan fingerprint density at radius 3 is 2.57 bits per heavy atom. The van der Waals surface area contributed by atoms with Crippen molar-refractivity contribution in [2.45, 2.75) is 40.5 Å². The van der Waals surface area contributed by atoms with Crippen LogP contribution in [-0.2, 0) is 0 Å². The summed E-state index contributed by atoms with van der Waals surface area (Å²) in [7, 11) is 0. The summed E-state index contributed by atoms with van der Waals surface area (Å²) in [4.78, 5) is 0. The minimum atomic E-state index is 0.401. The average Bonchev–Trinajstić information content (AvgIpc) is 2.02. The van der Waals surface area contributed by atoms with Crippen molar-refractivity contribution in [2.24, 2.45) is 10.8 Å². The second-order valence-corrected chi connectivity index (χ2v) is 6.26. The lowest BCUT2D eigenvalue weighted by Crippen LogP contribution is -2.45. The summed E-state index contributed by atoms with van der Waals surface area (Å²) in [6.07, 6.45) is 2.69. The molecular formula is C12H26N2. The van der Waals surface area contributed by atoms with E-state index in [1.165, 1.54) is 25.9 Å². The van der Waals surface area contributed by atoms with E-state index in [1.807, 2.05) is 0 Å². The molecule has 0 radical (unpaired) electrons. The maximum atomic E-state index is 3.60.